The van der Waals surface area contributed by atoms with Crippen molar-refractivity contribution in [3.05, 3.63) is 241 Å². The maximum Gasteiger partial charge on any atom is 0.0540 e. The minimum Gasteiger partial charge on any atom is -0.310 e. The molecule has 2 nitrogen and oxygen atoms in total. The van der Waals surface area contributed by atoms with Crippen molar-refractivity contribution in [3.63, 3.8) is 0 Å². The van der Waals surface area contributed by atoms with Gasteiger partial charge in [0, 0.05) is 74.6 Å². The lowest BCUT2D eigenvalue weighted by Gasteiger charge is -2.32. The van der Waals surface area contributed by atoms with Crippen molar-refractivity contribution in [1.29, 1.82) is 0 Å². The van der Waals surface area contributed by atoms with Gasteiger partial charge in [-0.2, -0.15) is 0 Å². The number of fused-ring (bicyclic) bond motifs is 10. The molecule has 2 aliphatic carbocycles. The molecule has 11 aromatic rings. The van der Waals surface area contributed by atoms with Gasteiger partial charge in [0.1, 0.15) is 0 Å². The molecular weight excluding hydrogens is 861 g/mol. The molecule has 0 fully saturated rings. The summed E-state index contributed by atoms with van der Waals surface area (Å²) in [5.74, 6) is 0. The fraction of sp³-hybridized carbons (Fsp3) is 0.0938. The second kappa shape index (κ2) is 15.5. The molecule has 68 heavy (non-hydrogen) atoms. The minimum atomic E-state index is -0.240. The Bertz CT molecular complexity index is 3750. The summed E-state index contributed by atoms with van der Waals surface area (Å²) in [4.78, 5) is 7.76. The van der Waals surface area contributed by atoms with Crippen molar-refractivity contribution in [2.75, 3.05) is 9.80 Å². The normalized spacial score (nSPS) is 13.8. The van der Waals surface area contributed by atoms with Gasteiger partial charge in [-0.15, -0.1) is 22.7 Å². The summed E-state index contributed by atoms with van der Waals surface area (Å²) in [6, 6.07) is 80.5. The van der Waals surface area contributed by atoms with Crippen LogP contribution in [0.15, 0.2) is 218 Å². The third kappa shape index (κ3) is 6.21. The van der Waals surface area contributed by atoms with Crippen LogP contribution < -0.4 is 9.80 Å². The Morgan fingerprint density at radius 1 is 0.324 bits per heavy atom. The summed E-state index contributed by atoms with van der Waals surface area (Å²) in [7, 11) is 0. The number of hydrogen-bond donors (Lipinski definition) is 0. The highest BCUT2D eigenvalue weighted by molar-refractivity contribution is 7.25. The molecule has 13 rings (SSSR count). The SMILES string of the molecule is CC1(C)c2cc(N(c3ccccc3)c3ccccc3-c3ccccc3)ccc2-c2sc3c(c21)C(C)(C)c1cc(N(c2ccc4sc5ccccc5c4c2)c2ccccc2-c2ccccc2)ccc1-3. The third-order valence-corrected chi connectivity index (χ3v) is 17.0. The monoisotopic (exact) mass is 908 g/mol. The van der Waals surface area contributed by atoms with Crippen LogP contribution in [0.4, 0.5) is 34.1 Å². The van der Waals surface area contributed by atoms with Gasteiger partial charge in [-0.1, -0.05) is 173 Å². The van der Waals surface area contributed by atoms with Gasteiger partial charge in [-0.25, -0.2) is 0 Å². The lowest BCUT2D eigenvalue weighted by molar-refractivity contribution is 0.603. The lowest BCUT2D eigenvalue weighted by atomic mass is 9.74. The second-order valence-electron chi connectivity index (χ2n) is 19.3. The first-order chi connectivity index (χ1) is 33.3. The van der Waals surface area contributed by atoms with Gasteiger partial charge in [-0.3, -0.25) is 0 Å². The molecule has 2 heterocycles. The average Bonchev–Trinajstić information content (AvgIpc) is 4.08. The van der Waals surface area contributed by atoms with Crippen LogP contribution in [0.3, 0.4) is 0 Å². The maximum absolute atomic E-state index is 2.50. The zero-order chi connectivity index (χ0) is 45.7. The summed E-state index contributed by atoms with van der Waals surface area (Å²) < 4.78 is 2.62. The first kappa shape index (κ1) is 40.7. The molecule has 0 bridgehead atoms. The van der Waals surface area contributed by atoms with Crippen molar-refractivity contribution in [2.45, 2.75) is 38.5 Å². The van der Waals surface area contributed by atoms with E-state index in [1.807, 2.05) is 22.7 Å². The van der Waals surface area contributed by atoms with E-state index in [4.69, 9.17) is 0 Å². The topological polar surface area (TPSA) is 6.48 Å². The van der Waals surface area contributed by atoms with Crippen molar-refractivity contribution < 1.29 is 0 Å². The highest BCUT2D eigenvalue weighted by Gasteiger charge is 2.48. The average molecular weight is 909 g/mol. The fourth-order valence-electron chi connectivity index (χ4n) is 11.4. The Labute approximate surface area is 406 Å². The van der Waals surface area contributed by atoms with Gasteiger partial charge < -0.3 is 9.80 Å². The molecule has 0 radical (unpaired) electrons. The van der Waals surface area contributed by atoms with E-state index in [1.54, 1.807) is 0 Å². The highest BCUT2D eigenvalue weighted by atomic mass is 32.1. The van der Waals surface area contributed by atoms with Gasteiger partial charge in [0.15, 0.2) is 0 Å². The molecule has 0 atom stereocenters. The summed E-state index contributed by atoms with van der Waals surface area (Å²) in [5.41, 5.74) is 19.7. The number of benzene rings is 9. The van der Waals surface area contributed by atoms with E-state index in [9.17, 15) is 0 Å². The van der Waals surface area contributed by atoms with Gasteiger partial charge in [-0.05, 0) is 117 Å². The number of hydrogen-bond acceptors (Lipinski definition) is 4. The van der Waals surface area contributed by atoms with E-state index in [-0.39, 0.29) is 10.8 Å². The molecule has 0 aliphatic heterocycles. The second-order valence-corrected chi connectivity index (χ2v) is 21.4. The molecule has 2 aliphatic rings. The van der Waals surface area contributed by atoms with E-state index in [0.717, 1.165) is 34.1 Å². The maximum atomic E-state index is 2.50. The molecule has 0 unspecified atom stereocenters. The molecule has 326 valence electrons. The van der Waals surface area contributed by atoms with E-state index in [0.29, 0.717) is 0 Å². The Morgan fingerprint density at radius 3 is 1.31 bits per heavy atom. The molecule has 2 aromatic heterocycles. The summed E-state index contributed by atoms with van der Waals surface area (Å²) >= 11 is 3.86. The van der Waals surface area contributed by atoms with E-state index < -0.39 is 0 Å². The quantitative estimate of drug-likeness (QED) is 0.150. The van der Waals surface area contributed by atoms with E-state index in [1.165, 1.54) is 85.6 Å². The predicted octanol–water partition coefficient (Wildman–Crippen LogP) is 19.0. The molecule has 0 saturated heterocycles. The third-order valence-electron chi connectivity index (χ3n) is 14.6. The summed E-state index contributed by atoms with van der Waals surface area (Å²) in [6.07, 6.45) is 0. The van der Waals surface area contributed by atoms with Crippen molar-refractivity contribution in [3.8, 4) is 43.1 Å². The Balaban J connectivity index is 0.935. The molecule has 9 aromatic carbocycles. The molecule has 0 amide bonds. The number of nitrogens with zero attached hydrogens (tertiary/aromatic N) is 2. The van der Waals surface area contributed by atoms with Gasteiger partial charge in [0.2, 0.25) is 0 Å². The first-order valence-corrected chi connectivity index (χ1v) is 25.2. The van der Waals surface area contributed by atoms with E-state index in [2.05, 4.69) is 256 Å². The van der Waals surface area contributed by atoms with Crippen LogP contribution in [-0.4, -0.2) is 0 Å². The lowest BCUT2D eigenvalue weighted by Crippen LogP contribution is -2.23. The first-order valence-electron chi connectivity index (χ1n) is 23.6. The van der Waals surface area contributed by atoms with Crippen LogP contribution in [0.2, 0.25) is 0 Å². The number of thiophene rings is 2. The largest absolute Gasteiger partial charge is 0.310 e. The van der Waals surface area contributed by atoms with Crippen molar-refractivity contribution in [2.24, 2.45) is 0 Å². The van der Waals surface area contributed by atoms with Crippen LogP contribution in [0.25, 0.3) is 63.3 Å². The summed E-state index contributed by atoms with van der Waals surface area (Å²) in [5, 5.41) is 2.60. The minimum absolute atomic E-state index is 0.229. The fourth-order valence-corrected chi connectivity index (χ4v) is 14.2. The Hall–Kier alpha value is -7.50. The Kier molecular flexibility index (Phi) is 9.31. The molecule has 0 N–H and O–H groups in total. The molecule has 0 spiro atoms. The smallest absolute Gasteiger partial charge is 0.0540 e. The predicted molar refractivity (Wildman–Crippen MR) is 293 cm³/mol. The summed E-state index contributed by atoms with van der Waals surface area (Å²) in [6.45, 7) is 9.83. The van der Waals surface area contributed by atoms with Crippen molar-refractivity contribution in [1.82, 2.24) is 0 Å². The molecule has 0 saturated carbocycles. The van der Waals surface area contributed by atoms with Crippen LogP contribution in [0.1, 0.15) is 49.9 Å². The van der Waals surface area contributed by atoms with Crippen molar-refractivity contribution >= 4 is 77.0 Å². The van der Waals surface area contributed by atoms with Gasteiger partial charge >= 0.3 is 0 Å². The molecule has 4 heteroatoms. The van der Waals surface area contributed by atoms with Crippen LogP contribution in [0, 0.1) is 0 Å². The van der Waals surface area contributed by atoms with Gasteiger partial charge in [0.05, 0.1) is 11.4 Å². The standard InChI is InChI=1S/C64H48N2S2/c1-63(2)53-39-45(65(43-24-12-7-13-25-43)55-29-17-14-26-47(55)41-20-8-5-9-21-41)32-35-50(53)61-59(63)60-62(68-61)51-36-33-46(40-54(51)64(60,3)4)66(56-30-18-15-27-48(56)42-22-10-6-11-23-42)44-34-37-58-52(38-44)49-28-16-19-31-57(49)67-58/h5-40H,1-4H3. The number of para-hydroxylation sites is 3. The van der Waals surface area contributed by atoms with Crippen LogP contribution in [0.5, 0.6) is 0 Å². The zero-order valence-corrected chi connectivity index (χ0v) is 40.1. The Morgan fingerprint density at radius 2 is 0.750 bits per heavy atom. The zero-order valence-electron chi connectivity index (χ0n) is 38.5. The van der Waals surface area contributed by atoms with Crippen LogP contribution >= 0.6 is 22.7 Å². The van der Waals surface area contributed by atoms with E-state index >= 15 is 0 Å². The van der Waals surface area contributed by atoms with Crippen LogP contribution in [-0.2, 0) is 10.8 Å². The number of anilines is 6. The highest BCUT2D eigenvalue weighted by Crippen LogP contribution is 2.64. The number of rotatable bonds is 8. The molecular formula is C64H48N2S2. The van der Waals surface area contributed by atoms with Gasteiger partial charge in [0.25, 0.3) is 0 Å².